The lowest BCUT2D eigenvalue weighted by molar-refractivity contribution is 0.326. The Morgan fingerprint density at radius 3 is 2.30 bits per heavy atom. The Labute approximate surface area is 117 Å². The van der Waals surface area contributed by atoms with E-state index in [2.05, 4.69) is 6.07 Å². The van der Waals surface area contributed by atoms with E-state index >= 15 is 0 Å². The third-order valence-electron chi connectivity index (χ3n) is 3.40. The van der Waals surface area contributed by atoms with Crippen molar-refractivity contribution < 1.29 is 14.2 Å². The Bertz CT molecular complexity index is 698. The fraction of sp³-hybridized carbons (Fsp3) is 0.357. The molecule has 0 saturated carbocycles. The largest absolute Gasteiger partial charge is 0.493 e. The molecule has 0 aliphatic heterocycles. The lowest BCUT2D eigenvalue weighted by Crippen LogP contribution is -2.00. The highest BCUT2D eigenvalue weighted by atomic mass is 16.5. The monoisotopic (exact) mass is 275 g/mol. The Hall–Kier alpha value is -2.39. The van der Waals surface area contributed by atoms with Crippen molar-refractivity contribution in [1.82, 2.24) is 4.57 Å². The van der Waals surface area contributed by atoms with Crippen LogP contribution in [-0.2, 0) is 13.6 Å². The average molecular weight is 275 g/mol. The second-order valence-electron chi connectivity index (χ2n) is 4.24. The molecule has 2 aromatic rings. The molecule has 106 valence electrons. The number of fused-ring (bicyclic) bond motifs is 1. The highest BCUT2D eigenvalue weighted by Gasteiger charge is 2.23. The van der Waals surface area contributed by atoms with Gasteiger partial charge in [-0.15, -0.1) is 0 Å². The molecule has 1 aromatic carbocycles. The van der Waals surface area contributed by atoms with E-state index in [0.717, 1.165) is 16.5 Å². The molecule has 0 fully saturated rings. The average Bonchev–Trinajstić information content (AvgIpc) is 2.76. The number of aryl methyl sites for hydroxylation is 1. The third kappa shape index (κ3) is 1.75. The molecule has 0 aliphatic rings. The van der Waals surface area contributed by atoms with Crippen molar-refractivity contribution in [2.45, 2.75) is 6.54 Å². The molecule has 0 bridgehead atoms. The summed E-state index contributed by atoms with van der Waals surface area (Å²) in [6, 6.07) is 4.00. The van der Waals surface area contributed by atoms with Crippen LogP contribution in [0, 0.1) is 11.3 Å². The Morgan fingerprint density at radius 1 is 1.20 bits per heavy atom. The Morgan fingerprint density at radius 2 is 1.85 bits per heavy atom. The lowest BCUT2D eigenvalue weighted by Gasteiger charge is -2.14. The van der Waals surface area contributed by atoms with Crippen molar-refractivity contribution in [1.29, 1.82) is 5.26 Å². The highest BCUT2D eigenvalue weighted by Crippen LogP contribution is 2.45. The maximum atomic E-state index is 9.32. The van der Waals surface area contributed by atoms with Gasteiger partial charge in [0, 0.05) is 24.5 Å². The zero-order valence-corrected chi connectivity index (χ0v) is 12.0. The first-order chi connectivity index (χ1) is 9.64. The number of rotatable bonds is 4. The molecular weight excluding hydrogens is 258 g/mol. The van der Waals surface area contributed by atoms with Crippen molar-refractivity contribution in [3.05, 3.63) is 17.3 Å². The summed E-state index contributed by atoms with van der Waals surface area (Å²) >= 11 is 0. The van der Waals surface area contributed by atoms with E-state index in [1.54, 1.807) is 32.9 Å². The predicted octanol–water partition coefficient (Wildman–Crippen LogP) is 1.53. The Balaban J connectivity index is 3.02. The topological polar surface area (TPSA) is 82.4 Å². The molecule has 0 saturated heterocycles. The van der Waals surface area contributed by atoms with E-state index in [1.165, 1.54) is 0 Å². The molecule has 0 atom stereocenters. The number of benzene rings is 1. The van der Waals surface area contributed by atoms with Gasteiger partial charge in [-0.05, 0) is 6.07 Å². The number of nitrogens with two attached hydrogens (primary N) is 1. The molecule has 0 spiro atoms. The zero-order chi connectivity index (χ0) is 14.9. The molecule has 0 unspecified atom stereocenters. The molecule has 1 heterocycles. The summed E-state index contributed by atoms with van der Waals surface area (Å²) < 4.78 is 17.9. The molecule has 6 heteroatoms. The lowest BCUT2D eigenvalue weighted by atomic mass is 10.1. The normalized spacial score (nSPS) is 10.4. The van der Waals surface area contributed by atoms with E-state index in [-0.39, 0.29) is 6.54 Å². The summed E-state index contributed by atoms with van der Waals surface area (Å²) in [7, 11) is 6.45. The fourth-order valence-corrected chi connectivity index (χ4v) is 2.49. The minimum absolute atomic E-state index is 0.263. The fourth-order valence-electron chi connectivity index (χ4n) is 2.49. The number of methoxy groups -OCH3 is 3. The van der Waals surface area contributed by atoms with Crippen molar-refractivity contribution in [2.75, 3.05) is 21.3 Å². The number of hydrogen-bond donors (Lipinski definition) is 1. The van der Waals surface area contributed by atoms with Crippen molar-refractivity contribution in [2.24, 2.45) is 12.8 Å². The first kappa shape index (κ1) is 14.0. The van der Waals surface area contributed by atoms with Gasteiger partial charge in [0.2, 0.25) is 5.75 Å². The molecule has 2 N–H and O–H groups in total. The minimum atomic E-state index is 0.263. The molecule has 0 radical (unpaired) electrons. The quantitative estimate of drug-likeness (QED) is 0.915. The van der Waals surface area contributed by atoms with E-state index in [0.29, 0.717) is 22.9 Å². The third-order valence-corrected chi connectivity index (χ3v) is 3.40. The van der Waals surface area contributed by atoms with Gasteiger partial charge < -0.3 is 24.5 Å². The van der Waals surface area contributed by atoms with Gasteiger partial charge >= 0.3 is 0 Å². The van der Waals surface area contributed by atoms with Crippen LogP contribution in [0.2, 0.25) is 0 Å². The second-order valence-corrected chi connectivity index (χ2v) is 4.24. The summed E-state index contributed by atoms with van der Waals surface area (Å²) in [4.78, 5) is 0. The van der Waals surface area contributed by atoms with Crippen LogP contribution in [0.4, 0.5) is 0 Å². The van der Waals surface area contributed by atoms with Gasteiger partial charge in [-0.1, -0.05) is 0 Å². The van der Waals surface area contributed by atoms with Crippen LogP contribution in [0.25, 0.3) is 10.9 Å². The van der Waals surface area contributed by atoms with Gasteiger partial charge in [-0.3, -0.25) is 0 Å². The molecule has 0 amide bonds. The van der Waals surface area contributed by atoms with Crippen LogP contribution in [0.15, 0.2) is 6.07 Å². The van der Waals surface area contributed by atoms with Crippen LogP contribution >= 0.6 is 0 Å². The molecule has 1 aromatic heterocycles. The van der Waals surface area contributed by atoms with Crippen LogP contribution < -0.4 is 19.9 Å². The molecule has 6 nitrogen and oxygen atoms in total. The maximum Gasteiger partial charge on any atom is 0.205 e. The van der Waals surface area contributed by atoms with Gasteiger partial charge in [0.05, 0.1) is 26.8 Å². The first-order valence-electron chi connectivity index (χ1n) is 6.04. The van der Waals surface area contributed by atoms with Crippen LogP contribution in [0.3, 0.4) is 0 Å². The van der Waals surface area contributed by atoms with E-state index in [9.17, 15) is 5.26 Å². The first-order valence-corrected chi connectivity index (χ1v) is 6.04. The molecule has 20 heavy (non-hydrogen) atoms. The van der Waals surface area contributed by atoms with Crippen LogP contribution in [-0.4, -0.2) is 25.9 Å². The number of nitrogens with zero attached hydrogens (tertiary/aromatic N) is 2. The SMILES string of the molecule is COc1cc2c(CN)c(C#N)n(C)c2c(OC)c1OC. The molecular formula is C14H17N3O3. The second kappa shape index (κ2) is 5.31. The van der Waals surface area contributed by atoms with Crippen molar-refractivity contribution >= 4 is 10.9 Å². The van der Waals surface area contributed by atoms with E-state index < -0.39 is 0 Å². The summed E-state index contributed by atoms with van der Waals surface area (Å²) in [6.45, 7) is 0.263. The van der Waals surface area contributed by atoms with Gasteiger partial charge in [-0.25, -0.2) is 0 Å². The van der Waals surface area contributed by atoms with Gasteiger partial charge in [-0.2, -0.15) is 5.26 Å². The number of nitriles is 1. The summed E-state index contributed by atoms with van der Waals surface area (Å²) in [6.07, 6.45) is 0. The van der Waals surface area contributed by atoms with E-state index in [1.807, 2.05) is 6.07 Å². The summed E-state index contributed by atoms with van der Waals surface area (Å²) in [5.41, 5.74) is 7.83. The zero-order valence-electron chi connectivity index (χ0n) is 12.0. The number of aromatic nitrogens is 1. The Kier molecular flexibility index (Phi) is 3.72. The van der Waals surface area contributed by atoms with Gasteiger partial charge in [0.25, 0.3) is 0 Å². The highest BCUT2D eigenvalue weighted by molar-refractivity contribution is 5.95. The predicted molar refractivity (Wildman–Crippen MR) is 75.2 cm³/mol. The van der Waals surface area contributed by atoms with Crippen molar-refractivity contribution in [3.63, 3.8) is 0 Å². The summed E-state index contributed by atoms with van der Waals surface area (Å²) in [5.74, 6) is 1.57. The molecule has 2 rings (SSSR count). The minimum Gasteiger partial charge on any atom is -0.493 e. The van der Waals surface area contributed by atoms with Crippen LogP contribution in [0.5, 0.6) is 17.2 Å². The van der Waals surface area contributed by atoms with Crippen molar-refractivity contribution in [3.8, 4) is 23.3 Å². The van der Waals surface area contributed by atoms with Crippen LogP contribution in [0.1, 0.15) is 11.3 Å². The van der Waals surface area contributed by atoms with Gasteiger partial charge in [0.1, 0.15) is 11.8 Å². The van der Waals surface area contributed by atoms with E-state index in [4.69, 9.17) is 19.9 Å². The molecule has 0 aliphatic carbocycles. The summed E-state index contributed by atoms with van der Waals surface area (Å²) in [5, 5.41) is 10.2. The number of hydrogen-bond acceptors (Lipinski definition) is 5. The maximum absolute atomic E-state index is 9.32. The smallest absolute Gasteiger partial charge is 0.205 e. The standard InChI is InChI=1S/C14H17N3O3/c1-17-10(7-16)9(6-15)8-5-11(18-2)13(19-3)14(20-4)12(8)17/h5H,6,15H2,1-4H3. The van der Waals surface area contributed by atoms with Gasteiger partial charge in [0.15, 0.2) is 11.5 Å². The number of ether oxygens (including phenoxy) is 3.